The maximum absolute atomic E-state index is 9.31. The Labute approximate surface area is 87.3 Å². The molecule has 1 heterocycles. The first kappa shape index (κ1) is 9.25. The number of hydrogen-bond donors (Lipinski definition) is 1. The molecule has 0 aliphatic rings. The van der Waals surface area contributed by atoms with Gasteiger partial charge in [-0.05, 0) is 12.1 Å². The zero-order valence-electron chi connectivity index (χ0n) is 6.27. The summed E-state index contributed by atoms with van der Waals surface area (Å²) in [5, 5.41) is 10.3. The highest BCUT2D eigenvalue weighted by Crippen LogP contribution is 2.20. The molecule has 2 rings (SSSR count). The molecule has 12 heavy (non-hydrogen) atoms. The Balaban J connectivity index is 0.000000720. The summed E-state index contributed by atoms with van der Waals surface area (Å²) in [7, 11) is 0. The number of nitrogens with zero attached hydrogens (tertiary/aromatic N) is 1. The number of halogens is 1. The Morgan fingerprint density at radius 2 is 1.83 bits per heavy atom. The summed E-state index contributed by atoms with van der Waals surface area (Å²) in [5.74, 6) is 0.239. The Morgan fingerprint density at radius 1 is 1.08 bits per heavy atom. The van der Waals surface area contributed by atoms with E-state index in [0.29, 0.717) is 5.52 Å². The van der Waals surface area contributed by atoms with Crippen molar-refractivity contribution in [3.63, 3.8) is 0 Å². The van der Waals surface area contributed by atoms with E-state index in [4.69, 9.17) is 0 Å². The smallest absolute Gasteiger partial charge is 0.141 e. The van der Waals surface area contributed by atoms with Gasteiger partial charge in [0.15, 0.2) is 0 Å². The van der Waals surface area contributed by atoms with Crippen LogP contribution < -0.4 is 0 Å². The van der Waals surface area contributed by atoms with Crippen molar-refractivity contribution >= 4 is 34.9 Å². The van der Waals surface area contributed by atoms with Crippen LogP contribution in [0.2, 0.25) is 0 Å². The van der Waals surface area contributed by atoms with Gasteiger partial charge >= 0.3 is 0 Å². The number of phenolic OH excluding ortho intramolecular Hbond substituents is 1. The Kier molecular flexibility index (Phi) is 2.86. The van der Waals surface area contributed by atoms with Crippen molar-refractivity contribution in [3.8, 4) is 5.75 Å². The first-order valence-corrected chi connectivity index (χ1v) is 3.40. The van der Waals surface area contributed by atoms with Crippen LogP contribution in [0.15, 0.2) is 36.5 Å². The number of phenols is 1. The predicted octanol–water partition coefficient (Wildman–Crippen LogP) is 2.56. The molecule has 0 radical (unpaired) electrons. The van der Waals surface area contributed by atoms with Gasteiger partial charge in [0.05, 0.1) is 0 Å². The fourth-order valence-electron chi connectivity index (χ4n) is 1.09. The van der Waals surface area contributed by atoms with E-state index in [1.165, 1.54) is 0 Å². The van der Waals surface area contributed by atoms with Gasteiger partial charge in [-0.2, -0.15) is 0 Å². The van der Waals surface area contributed by atoms with Crippen LogP contribution in [0.5, 0.6) is 5.75 Å². The third-order valence-electron chi connectivity index (χ3n) is 1.61. The van der Waals surface area contributed by atoms with Crippen molar-refractivity contribution in [2.45, 2.75) is 0 Å². The highest BCUT2D eigenvalue weighted by Gasteiger charge is 1.96. The van der Waals surface area contributed by atoms with Crippen molar-refractivity contribution in [2.75, 3.05) is 0 Å². The van der Waals surface area contributed by atoms with Crippen LogP contribution in [0.4, 0.5) is 0 Å². The standard InChI is InChI=1S/C9H7NO.HI/c11-8-5-1-3-7-4-2-6-10-9(7)8;/h1-6,11H;1H. The van der Waals surface area contributed by atoms with Gasteiger partial charge in [0, 0.05) is 11.6 Å². The van der Waals surface area contributed by atoms with Crippen LogP contribution in [0.3, 0.4) is 0 Å². The average molecular weight is 273 g/mol. The van der Waals surface area contributed by atoms with Crippen LogP contribution in [-0.2, 0) is 0 Å². The van der Waals surface area contributed by atoms with Crippen molar-refractivity contribution in [2.24, 2.45) is 0 Å². The SMILES string of the molecule is I.Oc1cccc2cccnc12. The Bertz CT molecular complexity index is 384. The van der Waals surface area contributed by atoms with Gasteiger partial charge in [0.25, 0.3) is 0 Å². The molecule has 0 aliphatic heterocycles. The molecule has 0 saturated carbocycles. The summed E-state index contributed by atoms with van der Waals surface area (Å²) in [5.41, 5.74) is 0.662. The summed E-state index contributed by atoms with van der Waals surface area (Å²) < 4.78 is 0. The number of fused-ring (bicyclic) bond motifs is 1. The van der Waals surface area contributed by atoms with E-state index in [9.17, 15) is 5.11 Å². The molecule has 0 saturated heterocycles. The maximum Gasteiger partial charge on any atom is 0.141 e. The lowest BCUT2D eigenvalue weighted by Crippen LogP contribution is -1.76. The summed E-state index contributed by atoms with van der Waals surface area (Å²) in [4.78, 5) is 4.03. The first-order chi connectivity index (χ1) is 5.38. The minimum absolute atomic E-state index is 0. The molecule has 0 amide bonds. The van der Waals surface area contributed by atoms with Crippen LogP contribution >= 0.6 is 24.0 Å². The van der Waals surface area contributed by atoms with Crippen LogP contribution in [0.1, 0.15) is 0 Å². The molecule has 1 N–H and O–H groups in total. The Morgan fingerprint density at radius 3 is 2.58 bits per heavy atom. The van der Waals surface area contributed by atoms with Crippen molar-refractivity contribution in [1.29, 1.82) is 0 Å². The van der Waals surface area contributed by atoms with Crippen LogP contribution in [0, 0.1) is 0 Å². The second kappa shape index (κ2) is 3.71. The van der Waals surface area contributed by atoms with Gasteiger partial charge in [0.1, 0.15) is 11.3 Å². The predicted molar refractivity (Wildman–Crippen MR) is 58.8 cm³/mol. The highest BCUT2D eigenvalue weighted by molar-refractivity contribution is 14.0. The molecule has 0 fully saturated rings. The van der Waals surface area contributed by atoms with Gasteiger partial charge < -0.3 is 5.11 Å². The lowest BCUT2D eigenvalue weighted by Gasteiger charge is -1.96. The second-order valence-electron chi connectivity index (χ2n) is 2.35. The van der Waals surface area contributed by atoms with Gasteiger partial charge in [-0.1, -0.05) is 18.2 Å². The van der Waals surface area contributed by atoms with E-state index in [-0.39, 0.29) is 29.7 Å². The highest BCUT2D eigenvalue weighted by atomic mass is 127. The molecule has 0 unspecified atom stereocenters. The molecule has 1 aromatic heterocycles. The normalized spacial score (nSPS) is 9.33. The van der Waals surface area contributed by atoms with E-state index in [1.54, 1.807) is 18.3 Å². The van der Waals surface area contributed by atoms with Crippen molar-refractivity contribution in [3.05, 3.63) is 36.5 Å². The van der Waals surface area contributed by atoms with Crippen LogP contribution in [0.25, 0.3) is 10.9 Å². The lowest BCUT2D eigenvalue weighted by molar-refractivity contribution is 0.480. The quantitative estimate of drug-likeness (QED) is 0.748. The minimum Gasteiger partial charge on any atom is -0.506 e. The van der Waals surface area contributed by atoms with E-state index < -0.39 is 0 Å². The van der Waals surface area contributed by atoms with Gasteiger partial charge in [-0.15, -0.1) is 24.0 Å². The number of aromatic hydroxyl groups is 1. The number of aromatic nitrogens is 1. The molecule has 62 valence electrons. The third kappa shape index (κ3) is 1.50. The van der Waals surface area contributed by atoms with E-state index in [2.05, 4.69) is 4.98 Å². The molecule has 1 aromatic carbocycles. The van der Waals surface area contributed by atoms with Crippen molar-refractivity contribution < 1.29 is 5.11 Å². The Hall–Kier alpha value is -0.840. The summed E-state index contributed by atoms with van der Waals surface area (Å²) in [6.45, 7) is 0. The van der Waals surface area contributed by atoms with Crippen molar-refractivity contribution in [1.82, 2.24) is 4.98 Å². The number of benzene rings is 1. The van der Waals surface area contributed by atoms with Gasteiger partial charge in [-0.3, -0.25) is 4.98 Å². The van der Waals surface area contributed by atoms with Gasteiger partial charge in [-0.25, -0.2) is 0 Å². The second-order valence-corrected chi connectivity index (χ2v) is 2.35. The molecule has 0 bridgehead atoms. The zero-order valence-corrected chi connectivity index (χ0v) is 8.60. The summed E-state index contributed by atoms with van der Waals surface area (Å²) in [6.07, 6.45) is 1.67. The summed E-state index contributed by atoms with van der Waals surface area (Å²) in [6, 6.07) is 9.13. The molecule has 2 nitrogen and oxygen atoms in total. The van der Waals surface area contributed by atoms with Gasteiger partial charge in [0.2, 0.25) is 0 Å². The molecular formula is C9H8INO. The molecule has 0 atom stereocenters. The molecule has 0 aliphatic carbocycles. The zero-order chi connectivity index (χ0) is 7.68. The fourth-order valence-corrected chi connectivity index (χ4v) is 1.09. The molecule has 3 heteroatoms. The van der Waals surface area contributed by atoms with E-state index >= 15 is 0 Å². The third-order valence-corrected chi connectivity index (χ3v) is 1.61. The molecule has 2 aromatic rings. The minimum atomic E-state index is 0. The molecular weight excluding hydrogens is 265 g/mol. The number of para-hydroxylation sites is 1. The first-order valence-electron chi connectivity index (χ1n) is 3.40. The monoisotopic (exact) mass is 273 g/mol. The number of pyridine rings is 1. The summed E-state index contributed by atoms with van der Waals surface area (Å²) >= 11 is 0. The van der Waals surface area contributed by atoms with E-state index in [1.807, 2.05) is 18.2 Å². The van der Waals surface area contributed by atoms with E-state index in [0.717, 1.165) is 5.39 Å². The van der Waals surface area contributed by atoms with Crippen LogP contribution in [-0.4, -0.2) is 10.1 Å². The largest absolute Gasteiger partial charge is 0.506 e. The maximum atomic E-state index is 9.31. The fraction of sp³-hybridized carbons (Fsp3) is 0. The number of rotatable bonds is 0. The average Bonchev–Trinajstić information content (AvgIpc) is 2.06. The number of hydrogen-bond acceptors (Lipinski definition) is 2. The molecule has 0 spiro atoms. The topological polar surface area (TPSA) is 33.1 Å². The lowest BCUT2D eigenvalue weighted by atomic mass is 10.2.